The minimum absolute atomic E-state index is 0.0423. The standard InChI is InChI=1S/C14H24F3NO2/c1-2-3-8-18(9-10-19)13(20)11-6-4-5-7-12(11)14(15,16)17/h11-12,19H,2-10H2,1H3. The molecule has 1 fully saturated rings. The normalized spacial score (nSPS) is 23.6. The van der Waals surface area contributed by atoms with E-state index in [0.717, 1.165) is 12.8 Å². The van der Waals surface area contributed by atoms with Crippen LogP contribution in [0.25, 0.3) is 0 Å². The molecule has 0 aliphatic heterocycles. The second-order valence-corrected chi connectivity index (χ2v) is 5.44. The van der Waals surface area contributed by atoms with Gasteiger partial charge in [0.15, 0.2) is 0 Å². The lowest BCUT2D eigenvalue weighted by Gasteiger charge is -2.35. The van der Waals surface area contributed by atoms with Crippen molar-refractivity contribution in [3.63, 3.8) is 0 Å². The Balaban J connectivity index is 2.78. The van der Waals surface area contributed by atoms with Gasteiger partial charge >= 0.3 is 6.18 Å². The predicted octanol–water partition coefficient (Wildman–Crippen LogP) is 2.98. The van der Waals surface area contributed by atoms with E-state index >= 15 is 0 Å². The molecule has 1 aliphatic rings. The van der Waals surface area contributed by atoms with Gasteiger partial charge in [-0.2, -0.15) is 13.2 Å². The van der Waals surface area contributed by atoms with E-state index in [-0.39, 0.29) is 19.6 Å². The summed E-state index contributed by atoms with van der Waals surface area (Å²) in [5.74, 6) is -2.92. The van der Waals surface area contributed by atoms with E-state index in [1.165, 1.54) is 4.90 Å². The summed E-state index contributed by atoms with van der Waals surface area (Å²) in [5.41, 5.74) is 0. The van der Waals surface area contributed by atoms with Crippen LogP contribution in [-0.4, -0.2) is 41.8 Å². The monoisotopic (exact) mass is 295 g/mol. The summed E-state index contributed by atoms with van der Waals surface area (Å²) < 4.78 is 39.1. The molecule has 0 spiro atoms. The Kier molecular flexibility index (Phi) is 6.79. The Morgan fingerprint density at radius 2 is 1.90 bits per heavy atom. The van der Waals surface area contributed by atoms with Crippen LogP contribution in [0.1, 0.15) is 45.4 Å². The maximum Gasteiger partial charge on any atom is 0.392 e. The van der Waals surface area contributed by atoms with Gasteiger partial charge < -0.3 is 10.0 Å². The Morgan fingerprint density at radius 3 is 2.45 bits per heavy atom. The summed E-state index contributed by atoms with van der Waals surface area (Å²) >= 11 is 0. The number of aliphatic hydroxyl groups excluding tert-OH is 1. The fourth-order valence-corrected chi connectivity index (χ4v) is 2.85. The number of alkyl halides is 3. The van der Waals surface area contributed by atoms with Gasteiger partial charge in [0.2, 0.25) is 5.91 Å². The van der Waals surface area contributed by atoms with Crippen molar-refractivity contribution in [3.05, 3.63) is 0 Å². The molecule has 118 valence electrons. The van der Waals surface area contributed by atoms with Crippen molar-refractivity contribution in [1.29, 1.82) is 0 Å². The van der Waals surface area contributed by atoms with Gasteiger partial charge in [0, 0.05) is 19.0 Å². The number of carbonyl (C=O) groups excluding carboxylic acids is 1. The fourth-order valence-electron chi connectivity index (χ4n) is 2.85. The number of aliphatic hydroxyl groups is 1. The summed E-state index contributed by atoms with van der Waals surface area (Å²) in [7, 11) is 0. The van der Waals surface area contributed by atoms with Crippen LogP contribution in [0.5, 0.6) is 0 Å². The highest BCUT2D eigenvalue weighted by Crippen LogP contribution is 2.42. The first-order chi connectivity index (χ1) is 9.41. The van der Waals surface area contributed by atoms with Gasteiger partial charge in [-0.3, -0.25) is 4.79 Å². The third-order valence-corrected chi connectivity index (χ3v) is 3.97. The maximum absolute atomic E-state index is 13.0. The molecule has 0 aromatic rings. The van der Waals surface area contributed by atoms with E-state index in [1.54, 1.807) is 0 Å². The lowest BCUT2D eigenvalue weighted by atomic mass is 9.78. The summed E-state index contributed by atoms with van der Waals surface area (Å²) in [5, 5.41) is 8.99. The number of amides is 1. The number of halogens is 3. The first-order valence-corrected chi connectivity index (χ1v) is 7.38. The van der Waals surface area contributed by atoms with Crippen molar-refractivity contribution in [2.24, 2.45) is 11.8 Å². The molecule has 2 atom stereocenters. The van der Waals surface area contributed by atoms with E-state index < -0.39 is 23.9 Å². The van der Waals surface area contributed by atoms with Crippen LogP contribution in [0.4, 0.5) is 13.2 Å². The highest BCUT2D eigenvalue weighted by Gasteiger charge is 2.48. The van der Waals surface area contributed by atoms with Gasteiger partial charge in [-0.25, -0.2) is 0 Å². The molecule has 6 heteroatoms. The zero-order chi connectivity index (χ0) is 15.2. The molecule has 0 aromatic heterocycles. The summed E-state index contributed by atoms with van der Waals surface area (Å²) in [4.78, 5) is 13.8. The van der Waals surface area contributed by atoms with Crippen molar-refractivity contribution >= 4 is 5.91 Å². The van der Waals surface area contributed by atoms with Crippen molar-refractivity contribution in [1.82, 2.24) is 4.90 Å². The average molecular weight is 295 g/mol. The van der Waals surface area contributed by atoms with Crippen LogP contribution in [-0.2, 0) is 4.79 Å². The zero-order valence-corrected chi connectivity index (χ0v) is 12.0. The van der Waals surface area contributed by atoms with Crippen molar-refractivity contribution < 1.29 is 23.1 Å². The molecule has 1 amide bonds. The van der Waals surface area contributed by atoms with Crippen LogP contribution in [0.3, 0.4) is 0 Å². The van der Waals surface area contributed by atoms with E-state index in [4.69, 9.17) is 5.11 Å². The zero-order valence-electron chi connectivity index (χ0n) is 12.0. The summed E-state index contributed by atoms with van der Waals surface area (Å²) in [6.07, 6.45) is -1.15. The maximum atomic E-state index is 13.0. The van der Waals surface area contributed by atoms with Gasteiger partial charge in [0.1, 0.15) is 0 Å². The number of rotatable bonds is 6. The second kappa shape index (κ2) is 7.86. The molecule has 20 heavy (non-hydrogen) atoms. The van der Waals surface area contributed by atoms with Crippen molar-refractivity contribution in [2.75, 3.05) is 19.7 Å². The SMILES string of the molecule is CCCCN(CCO)C(=O)C1CCCCC1C(F)(F)F. The summed E-state index contributed by atoms with van der Waals surface area (Å²) in [6.45, 7) is 2.30. The van der Waals surface area contributed by atoms with Gasteiger partial charge in [-0.1, -0.05) is 26.2 Å². The molecule has 3 nitrogen and oxygen atoms in total. The highest BCUT2D eigenvalue weighted by atomic mass is 19.4. The highest BCUT2D eigenvalue weighted by molar-refractivity contribution is 5.79. The largest absolute Gasteiger partial charge is 0.395 e. The van der Waals surface area contributed by atoms with Crippen LogP contribution in [0.2, 0.25) is 0 Å². The van der Waals surface area contributed by atoms with E-state index in [9.17, 15) is 18.0 Å². The van der Waals surface area contributed by atoms with E-state index in [0.29, 0.717) is 25.8 Å². The smallest absolute Gasteiger partial charge is 0.392 e. The van der Waals surface area contributed by atoms with Gasteiger partial charge in [0.25, 0.3) is 0 Å². The molecule has 0 saturated heterocycles. The first-order valence-electron chi connectivity index (χ1n) is 7.38. The number of hydrogen-bond acceptors (Lipinski definition) is 2. The summed E-state index contributed by atoms with van der Waals surface area (Å²) in [6, 6.07) is 0. The molecule has 0 heterocycles. The molecule has 0 aromatic carbocycles. The van der Waals surface area contributed by atoms with Crippen LogP contribution >= 0.6 is 0 Å². The average Bonchev–Trinajstić information content (AvgIpc) is 2.42. The van der Waals surface area contributed by atoms with Crippen LogP contribution in [0, 0.1) is 11.8 Å². The Hall–Kier alpha value is -0.780. The fraction of sp³-hybridized carbons (Fsp3) is 0.929. The minimum Gasteiger partial charge on any atom is -0.395 e. The number of nitrogens with zero attached hydrogens (tertiary/aromatic N) is 1. The van der Waals surface area contributed by atoms with Crippen molar-refractivity contribution in [3.8, 4) is 0 Å². The molecule has 1 rings (SSSR count). The topological polar surface area (TPSA) is 40.5 Å². The molecular weight excluding hydrogens is 271 g/mol. The van der Waals surface area contributed by atoms with Crippen LogP contribution < -0.4 is 0 Å². The first kappa shape index (κ1) is 17.3. The lowest BCUT2D eigenvalue weighted by Crippen LogP contribution is -2.45. The molecular formula is C14H24F3NO2. The quantitative estimate of drug-likeness (QED) is 0.818. The van der Waals surface area contributed by atoms with Crippen LogP contribution in [0.15, 0.2) is 0 Å². The Morgan fingerprint density at radius 1 is 1.25 bits per heavy atom. The van der Waals surface area contributed by atoms with Gasteiger partial charge in [-0.15, -0.1) is 0 Å². The Labute approximate surface area is 118 Å². The van der Waals surface area contributed by atoms with E-state index in [1.807, 2.05) is 6.92 Å². The van der Waals surface area contributed by atoms with Gasteiger partial charge in [0.05, 0.1) is 12.5 Å². The lowest BCUT2D eigenvalue weighted by molar-refractivity contribution is -0.201. The number of carbonyl (C=O) groups is 1. The minimum atomic E-state index is -4.31. The number of hydrogen-bond donors (Lipinski definition) is 1. The predicted molar refractivity (Wildman–Crippen MR) is 70.1 cm³/mol. The molecule has 2 unspecified atom stereocenters. The molecule has 1 saturated carbocycles. The molecule has 1 N–H and O–H groups in total. The third-order valence-electron chi connectivity index (χ3n) is 3.97. The molecule has 1 aliphatic carbocycles. The molecule has 0 radical (unpaired) electrons. The molecule has 0 bridgehead atoms. The van der Waals surface area contributed by atoms with Gasteiger partial charge in [-0.05, 0) is 19.3 Å². The second-order valence-electron chi connectivity index (χ2n) is 5.44. The Bertz CT molecular complexity index is 307. The van der Waals surface area contributed by atoms with E-state index in [2.05, 4.69) is 0 Å². The van der Waals surface area contributed by atoms with Crippen molar-refractivity contribution in [2.45, 2.75) is 51.6 Å². The number of unbranched alkanes of at least 4 members (excludes halogenated alkanes) is 1. The third kappa shape index (κ3) is 4.65.